The van der Waals surface area contributed by atoms with Crippen molar-refractivity contribution in [3.63, 3.8) is 0 Å². The fourth-order valence-electron chi connectivity index (χ4n) is 2.41. The van der Waals surface area contributed by atoms with Gasteiger partial charge in [-0.1, -0.05) is 29.4 Å². The van der Waals surface area contributed by atoms with Crippen molar-refractivity contribution in [2.45, 2.75) is 40.0 Å². The van der Waals surface area contributed by atoms with Crippen LogP contribution in [0.1, 0.15) is 44.7 Å². The second-order valence-corrected chi connectivity index (χ2v) is 7.33. The number of thioether (sulfide) groups is 1. The van der Waals surface area contributed by atoms with Gasteiger partial charge in [-0.05, 0) is 81.1 Å². The van der Waals surface area contributed by atoms with Crippen LogP contribution in [0.15, 0.2) is 46.4 Å². The number of hydrogen-bond donors (Lipinski definition) is 2. The average Bonchev–Trinajstić information content (AvgIpc) is 2.85. The molecule has 1 fully saturated rings. The summed E-state index contributed by atoms with van der Waals surface area (Å²) < 4.78 is 0. The van der Waals surface area contributed by atoms with Crippen LogP contribution in [-0.2, 0) is 11.2 Å². The first-order valence-corrected chi connectivity index (χ1v) is 9.02. The highest BCUT2D eigenvalue weighted by Crippen LogP contribution is 2.27. The van der Waals surface area contributed by atoms with E-state index in [1.807, 2.05) is 6.07 Å². The molecule has 0 aromatic heterocycles. The van der Waals surface area contributed by atoms with Gasteiger partial charge in [0, 0.05) is 0 Å². The van der Waals surface area contributed by atoms with Crippen molar-refractivity contribution in [2.24, 2.45) is 0 Å². The molecule has 1 aliphatic heterocycles. The Labute approximate surface area is 152 Å². The lowest BCUT2D eigenvalue weighted by Gasteiger charge is -2.05. The van der Waals surface area contributed by atoms with Crippen molar-refractivity contribution >= 4 is 29.0 Å². The Morgan fingerprint density at radius 1 is 1.20 bits per heavy atom. The number of carbonyl (C=O) groups excluding carboxylic acids is 2. The summed E-state index contributed by atoms with van der Waals surface area (Å²) in [6.45, 7) is 6.27. The normalized spacial score (nSPS) is 16.3. The monoisotopic (exact) mass is 357 g/mol. The van der Waals surface area contributed by atoms with Crippen LogP contribution in [-0.4, -0.2) is 16.3 Å². The molecule has 0 spiro atoms. The fourth-order valence-corrected chi connectivity index (χ4v) is 3.09. The first-order valence-electron chi connectivity index (χ1n) is 8.21. The molecule has 1 saturated heterocycles. The molecule has 0 saturated carbocycles. The maximum atomic E-state index is 11.6. The van der Waals surface area contributed by atoms with Gasteiger partial charge in [-0.3, -0.25) is 14.9 Å². The van der Waals surface area contributed by atoms with Crippen LogP contribution in [0.2, 0.25) is 0 Å². The molecule has 1 aromatic carbocycles. The predicted octanol–water partition coefficient (Wildman–Crippen LogP) is 4.95. The minimum Gasteiger partial charge on any atom is -0.508 e. The Bertz CT molecular complexity index is 771. The van der Waals surface area contributed by atoms with Gasteiger partial charge >= 0.3 is 0 Å². The number of imide groups is 1. The van der Waals surface area contributed by atoms with Crippen molar-refractivity contribution in [1.29, 1.82) is 0 Å². The summed E-state index contributed by atoms with van der Waals surface area (Å²) in [5.41, 5.74) is 4.18. The topological polar surface area (TPSA) is 66.4 Å². The Morgan fingerprint density at radius 3 is 2.60 bits per heavy atom. The molecule has 2 amide bonds. The number of carbonyl (C=O) groups is 2. The largest absolute Gasteiger partial charge is 0.508 e. The first kappa shape index (κ1) is 19.1. The first-order chi connectivity index (χ1) is 11.8. The van der Waals surface area contributed by atoms with Gasteiger partial charge in [-0.25, -0.2) is 0 Å². The van der Waals surface area contributed by atoms with Gasteiger partial charge in [0.2, 0.25) is 0 Å². The van der Waals surface area contributed by atoms with Gasteiger partial charge < -0.3 is 5.11 Å². The van der Waals surface area contributed by atoms with E-state index in [4.69, 9.17) is 0 Å². The molecular weight excluding hydrogens is 334 g/mol. The molecule has 4 nitrogen and oxygen atoms in total. The van der Waals surface area contributed by atoms with E-state index in [9.17, 15) is 14.7 Å². The van der Waals surface area contributed by atoms with Crippen molar-refractivity contribution < 1.29 is 14.7 Å². The molecule has 0 bridgehead atoms. The van der Waals surface area contributed by atoms with Crippen LogP contribution in [0.4, 0.5) is 4.79 Å². The summed E-state index contributed by atoms with van der Waals surface area (Å²) in [7, 11) is 0. The van der Waals surface area contributed by atoms with E-state index in [1.54, 1.807) is 18.2 Å². The lowest BCUT2D eigenvalue weighted by Crippen LogP contribution is -2.17. The number of allylic oxidation sites excluding steroid dienone is 4. The molecule has 0 unspecified atom stereocenters. The second kappa shape index (κ2) is 8.72. The number of nitrogens with one attached hydrogen (secondary N) is 1. The highest BCUT2D eigenvalue weighted by Gasteiger charge is 2.24. The summed E-state index contributed by atoms with van der Waals surface area (Å²) >= 11 is 0.890. The summed E-state index contributed by atoms with van der Waals surface area (Å²) in [6, 6.07) is 5.19. The molecule has 0 radical (unpaired) electrons. The number of benzene rings is 1. The quantitative estimate of drug-likeness (QED) is 0.558. The van der Waals surface area contributed by atoms with Gasteiger partial charge in [-0.2, -0.15) is 0 Å². The number of amides is 2. The number of aromatic hydroxyl groups is 1. The van der Waals surface area contributed by atoms with Crippen molar-refractivity contribution in [3.8, 4) is 5.75 Å². The van der Waals surface area contributed by atoms with Crippen LogP contribution in [0.5, 0.6) is 5.75 Å². The highest BCUT2D eigenvalue weighted by molar-refractivity contribution is 8.18. The molecule has 1 aromatic rings. The zero-order valence-electron chi connectivity index (χ0n) is 14.8. The van der Waals surface area contributed by atoms with Gasteiger partial charge in [-0.15, -0.1) is 0 Å². The molecule has 25 heavy (non-hydrogen) atoms. The minimum absolute atomic E-state index is 0.232. The second-order valence-electron chi connectivity index (χ2n) is 6.32. The molecular formula is C20H23NO3S. The average molecular weight is 357 g/mol. The van der Waals surface area contributed by atoms with Crippen LogP contribution in [0.25, 0.3) is 6.08 Å². The number of rotatable bonds is 6. The maximum absolute atomic E-state index is 11.6. The predicted molar refractivity (Wildman–Crippen MR) is 103 cm³/mol. The minimum atomic E-state index is -0.375. The molecule has 0 atom stereocenters. The van der Waals surface area contributed by atoms with E-state index in [-0.39, 0.29) is 16.9 Å². The molecule has 5 heteroatoms. The van der Waals surface area contributed by atoms with E-state index < -0.39 is 0 Å². The summed E-state index contributed by atoms with van der Waals surface area (Å²) in [5.74, 6) is -0.144. The van der Waals surface area contributed by atoms with Crippen molar-refractivity contribution in [3.05, 3.63) is 57.5 Å². The van der Waals surface area contributed by atoms with E-state index in [2.05, 4.69) is 38.2 Å². The molecule has 0 aliphatic carbocycles. The van der Waals surface area contributed by atoms with Gasteiger partial charge in [0.25, 0.3) is 11.1 Å². The van der Waals surface area contributed by atoms with E-state index in [1.165, 1.54) is 11.1 Å². The Balaban J connectivity index is 2.09. The van der Waals surface area contributed by atoms with E-state index in [0.29, 0.717) is 11.3 Å². The Hall–Kier alpha value is -2.27. The number of hydrogen-bond acceptors (Lipinski definition) is 4. The van der Waals surface area contributed by atoms with Crippen molar-refractivity contribution in [2.75, 3.05) is 0 Å². The fraction of sp³-hybridized carbons (Fsp3) is 0.300. The van der Waals surface area contributed by atoms with E-state index in [0.717, 1.165) is 35.7 Å². The van der Waals surface area contributed by atoms with Gasteiger partial charge in [0.15, 0.2) is 0 Å². The Kier molecular flexibility index (Phi) is 6.65. The van der Waals surface area contributed by atoms with Crippen LogP contribution >= 0.6 is 11.8 Å². The van der Waals surface area contributed by atoms with Gasteiger partial charge in [0.1, 0.15) is 5.75 Å². The van der Waals surface area contributed by atoms with Crippen molar-refractivity contribution in [1.82, 2.24) is 5.32 Å². The highest BCUT2D eigenvalue weighted by atomic mass is 32.2. The summed E-state index contributed by atoms with van der Waals surface area (Å²) in [6.07, 6.45) is 8.64. The standard InChI is InChI=1S/C20H23NO3S/c1-13(2)5-4-6-14(3)7-9-16-11-15(8-10-17(16)22)12-18-19(23)21-20(24)25-18/h5,7-8,10-12,22H,4,6,9H2,1-3H3,(H,21,23,24)/b14-7+,18-12+. The van der Waals surface area contributed by atoms with Crippen LogP contribution in [0.3, 0.4) is 0 Å². The lowest BCUT2D eigenvalue weighted by molar-refractivity contribution is -0.115. The smallest absolute Gasteiger partial charge is 0.290 e. The third-order valence-electron chi connectivity index (χ3n) is 3.81. The molecule has 2 rings (SSSR count). The molecule has 132 valence electrons. The molecule has 2 N–H and O–H groups in total. The lowest BCUT2D eigenvalue weighted by atomic mass is 10.0. The number of phenols is 1. The zero-order valence-corrected chi connectivity index (χ0v) is 15.6. The molecule has 1 heterocycles. The third-order valence-corrected chi connectivity index (χ3v) is 4.62. The van der Waals surface area contributed by atoms with Gasteiger partial charge in [0.05, 0.1) is 4.91 Å². The van der Waals surface area contributed by atoms with E-state index >= 15 is 0 Å². The summed E-state index contributed by atoms with van der Waals surface area (Å²) in [4.78, 5) is 23.2. The summed E-state index contributed by atoms with van der Waals surface area (Å²) in [5, 5.41) is 11.9. The third kappa shape index (κ3) is 5.94. The van der Waals surface area contributed by atoms with Crippen LogP contribution < -0.4 is 5.32 Å². The zero-order chi connectivity index (χ0) is 18.4. The maximum Gasteiger partial charge on any atom is 0.290 e. The SMILES string of the molecule is CC(C)=CCC/C(C)=C/Cc1cc(/C=C2/SC(=O)NC2=O)ccc1O. The van der Waals surface area contributed by atoms with Crippen LogP contribution in [0, 0.1) is 0 Å². The Morgan fingerprint density at radius 2 is 1.96 bits per heavy atom. The molecule has 1 aliphatic rings. The number of phenolic OH excluding ortho intramolecular Hbond substituents is 1.